The zero-order valence-corrected chi connectivity index (χ0v) is 8.90. The number of nitrogens with zero attached hydrogens (tertiary/aromatic N) is 3. The Morgan fingerprint density at radius 3 is 2.80 bits per heavy atom. The Labute approximate surface area is 87.1 Å². The van der Waals surface area contributed by atoms with E-state index in [0.717, 1.165) is 23.6 Å². The van der Waals surface area contributed by atoms with Crippen LogP contribution in [0.1, 0.15) is 18.3 Å². The average molecular weight is 206 g/mol. The first kappa shape index (κ1) is 9.92. The Hall–Kier alpha value is -1.62. The highest BCUT2D eigenvalue weighted by Crippen LogP contribution is 2.07. The van der Waals surface area contributed by atoms with Gasteiger partial charge in [-0.15, -0.1) is 0 Å². The van der Waals surface area contributed by atoms with Crippen molar-refractivity contribution in [3.8, 4) is 0 Å². The molecule has 0 spiro atoms. The molecule has 2 heterocycles. The number of fused-ring (bicyclic) bond motifs is 1. The van der Waals surface area contributed by atoms with E-state index >= 15 is 0 Å². The van der Waals surface area contributed by atoms with E-state index in [0.29, 0.717) is 6.54 Å². The van der Waals surface area contributed by atoms with Gasteiger partial charge in [-0.2, -0.15) is 9.61 Å². The fourth-order valence-electron chi connectivity index (χ4n) is 1.80. The van der Waals surface area contributed by atoms with Crippen LogP contribution in [0.15, 0.2) is 16.9 Å². The van der Waals surface area contributed by atoms with Gasteiger partial charge in [0.05, 0.1) is 5.69 Å². The molecule has 0 aliphatic rings. The van der Waals surface area contributed by atoms with Gasteiger partial charge in [0.15, 0.2) is 0 Å². The van der Waals surface area contributed by atoms with Gasteiger partial charge in [0.1, 0.15) is 5.65 Å². The molecule has 0 saturated heterocycles. The molecule has 2 aromatic rings. The molecule has 0 bridgehead atoms. The first-order chi connectivity index (χ1) is 7.17. The standard InChI is InChI=1S/C10H14N4O/c1-3-13-8(6-11)5-10(15)14-9(13)4-7(2)12-14/h4-5H,3,6,11H2,1-2H3. The highest BCUT2D eigenvalue weighted by Gasteiger charge is 2.08. The summed E-state index contributed by atoms with van der Waals surface area (Å²) < 4.78 is 3.42. The van der Waals surface area contributed by atoms with Crippen molar-refractivity contribution in [2.45, 2.75) is 26.9 Å². The number of rotatable bonds is 2. The molecule has 2 N–H and O–H groups in total. The van der Waals surface area contributed by atoms with E-state index in [1.54, 1.807) is 6.07 Å². The predicted molar refractivity (Wildman–Crippen MR) is 57.8 cm³/mol. The zero-order valence-electron chi connectivity index (χ0n) is 8.90. The second-order valence-electron chi connectivity index (χ2n) is 3.48. The van der Waals surface area contributed by atoms with Crippen LogP contribution in [0.3, 0.4) is 0 Å². The predicted octanol–water partition coefficient (Wildman–Crippen LogP) is 0.283. The van der Waals surface area contributed by atoms with Gasteiger partial charge in [0, 0.05) is 30.9 Å². The molecule has 0 radical (unpaired) electrons. The fourth-order valence-corrected chi connectivity index (χ4v) is 1.80. The third-order valence-corrected chi connectivity index (χ3v) is 2.46. The largest absolute Gasteiger partial charge is 0.329 e. The summed E-state index contributed by atoms with van der Waals surface area (Å²) in [6, 6.07) is 3.44. The van der Waals surface area contributed by atoms with Gasteiger partial charge in [-0.3, -0.25) is 4.79 Å². The van der Waals surface area contributed by atoms with Crippen molar-refractivity contribution in [2.24, 2.45) is 5.73 Å². The molecule has 0 fully saturated rings. The van der Waals surface area contributed by atoms with E-state index in [2.05, 4.69) is 5.10 Å². The summed E-state index contributed by atoms with van der Waals surface area (Å²) in [5.41, 5.74) is 7.97. The van der Waals surface area contributed by atoms with Crippen LogP contribution in [0, 0.1) is 6.92 Å². The van der Waals surface area contributed by atoms with Crippen LogP contribution in [0.5, 0.6) is 0 Å². The van der Waals surface area contributed by atoms with Crippen LogP contribution in [0.4, 0.5) is 0 Å². The second-order valence-corrected chi connectivity index (χ2v) is 3.48. The van der Waals surface area contributed by atoms with Crippen molar-refractivity contribution < 1.29 is 0 Å². The molecule has 5 heteroatoms. The van der Waals surface area contributed by atoms with Crippen molar-refractivity contribution in [3.63, 3.8) is 0 Å². The maximum absolute atomic E-state index is 11.7. The van der Waals surface area contributed by atoms with Crippen LogP contribution in [0.2, 0.25) is 0 Å². The summed E-state index contributed by atoms with van der Waals surface area (Å²) in [4.78, 5) is 11.7. The maximum Gasteiger partial charge on any atom is 0.274 e. The van der Waals surface area contributed by atoms with Crippen LogP contribution in [-0.2, 0) is 13.1 Å². The first-order valence-electron chi connectivity index (χ1n) is 4.96. The molecule has 5 nitrogen and oxygen atoms in total. The smallest absolute Gasteiger partial charge is 0.274 e. The molecule has 2 rings (SSSR count). The van der Waals surface area contributed by atoms with E-state index < -0.39 is 0 Å². The van der Waals surface area contributed by atoms with Crippen molar-refractivity contribution in [1.82, 2.24) is 14.2 Å². The first-order valence-corrected chi connectivity index (χ1v) is 4.96. The molecular weight excluding hydrogens is 192 g/mol. The number of aromatic nitrogens is 3. The zero-order chi connectivity index (χ0) is 11.0. The van der Waals surface area contributed by atoms with Gasteiger partial charge in [-0.1, -0.05) is 0 Å². The van der Waals surface area contributed by atoms with E-state index in [9.17, 15) is 4.79 Å². The van der Waals surface area contributed by atoms with Gasteiger partial charge in [0.25, 0.3) is 5.56 Å². The maximum atomic E-state index is 11.7. The van der Waals surface area contributed by atoms with Crippen molar-refractivity contribution in [3.05, 3.63) is 33.9 Å². The molecule has 0 aliphatic carbocycles. The minimum Gasteiger partial charge on any atom is -0.329 e. The summed E-state index contributed by atoms with van der Waals surface area (Å²) in [6.45, 7) is 5.03. The quantitative estimate of drug-likeness (QED) is 0.767. The monoisotopic (exact) mass is 206 g/mol. The fraction of sp³-hybridized carbons (Fsp3) is 0.400. The van der Waals surface area contributed by atoms with Gasteiger partial charge in [0.2, 0.25) is 0 Å². The van der Waals surface area contributed by atoms with E-state index in [4.69, 9.17) is 5.73 Å². The summed E-state index contributed by atoms with van der Waals surface area (Å²) in [5.74, 6) is 0. The van der Waals surface area contributed by atoms with Gasteiger partial charge in [-0.05, 0) is 13.8 Å². The van der Waals surface area contributed by atoms with E-state index in [1.807, 2.05) is 24.5 Å². The molecule has 0 atom stereocenters. The van der Waals surface area contributed by atoms with Crippen LogP contribution in [-0.4, -0.2) is 14.2 Å². The summed E-state index contributed by atoms with van der Waals surface area (Å²) >= 11 is 0. The van der Waals surface area contributed by atoms with Gasteiger partial charge >= 0.3 is 0 Å². The molecule has 0 unspecified atom stereocenters. The molecule has 80 valence electrons. The number of aryl methyl sites for hydroxylation is 2. The van der Waals surface area contributed by atoms with Crippen LogP contribution < -0.4 is 11.3 Å². The molecular formula is C10H14N4O. The lowest BCUT2D eigenvalue weighted by Gasteiger charge is -2.10. The normalized spacial score (nSPS) is 11.1. The number of hydrogen-bond donors (Lipinski definition) is 1. The van der Waals surface area contributed by atoms with E-state index in [1.165, 1.54) is 4.52 Å². The van der Waals surface area contributed by atoms with E-state index in [-0.39, 0.29) is 5.56 Å². The summed E-state index contributed by atoms with van der Waals surface area (Å²) in [7, 11) is 0. The molecule has 0 amide bonds. The molecule has 2 aromatic heterocycles. The molecule has 0 saturated carbocycles. The van der Waals surface area contributed by atoms with Gasteiger partial charge < -0.3 is 10.3 Å². The van der Waals surface area contributed by atoms with Crippen molar-refractivity contribution >= 4 is 5.65 Å². The van der Waals surface area contributed by atoms with Gasteiger partial charge in [-0.25, -0.2) is 0 Å². The highest BCUT2D eigenvalue weighted by atomic mass is 16.1. The summed E-state index contributed by atoms with van der Waals surface area (Å²) in [6.07, 6.45) is 0. The summed E-state index contributed by atoms with van der Waals surface area (Å²) in [5, 5.41) is 4.14. The second kappa shape index (κ2) is 3.51. The molecule has 15 heavy (non-hydrogen) atoms. The highest BCUT2D eigenvalue weighted by molar-refractivity contribution is 5.41. The lowest BCUT2D eigenvalue weighted by atomic mass is 10.3. The topological polar surface area (TPSA) is 65.3 Å². The Morgan fingerprint density at radius 2 is 2.20 bits per heavy atom. The number of nitrogens with two attached hydrogens (primary N) is 1. The lowest BCUT2D eigenvalue weighted by Crippen LogP contribution is -2.22. The Morgan fingerprint density at radius 1 is 1.47 bits per heavy atom. The van der Waals surface area contributed by atoms with Crippen molar-refractivity contribution in [1.29, 1.82) is 0 Å². The lowest BCUT2D eigenvalue weighted by molar-refractivity contribution is 0.689. The minimum atomic E-state index is -0.122. The molecule has 0 aromatic carbocycles. The third kappa shape index (κ3) is 1.45. The number of hydrogen-bond acceptors (Lipinski definition) is 3. The Kier molecular flexibility index (Phi) is 2.32. The molecule has 0 aliphatic heterocycles. The minimum absolute atomic E-state index is 0.122. The van der Waals surface area contributed by atoms with Crippen LogP contribution in [0.25, 0.3) is 5.65 Å². The van der Waals surface area contributed by atoms with Crippen molar-refractivity contribution in [2.75, 3.05) is 0 Å². The Bertz CT molecular complexity index is 552. The SMILES string of the molecule is CCn1c(CN)cc(=O)n2nc(C)cc12. The Balaban J connectivity index is 2.90. The van der Waals surface area contributed by atoms with Crippen LogP contribution >= 0.6 is 0 Å². The third-order valence-electron chi connectivity index (χ3n) is 2.46. The average Bonchev–Trinajstić information content (AvgIpc) is 2.60.